The number of rotatable bonds is 3. The molecule has 0 radical (unpaired) electrons. The Kier molecular flexibility index (Phi) is 4.33. The van der Waals surface area contributed by atoms with E-state index in [9.17, 15) is 10.1 Å². The molecule has 136 valence electrons. The van der Waals surface area contributed by atoms with Gasteiger partial charge in [0.05, 0.1) is 21.9 Å². The van der Waals surface area contributed by atoms with Gasteiger partial charge in [-0.05, 0) is 25.1 Å². The summed E-state index contributed by atoms with van der Waals surface area (Å²) in [5.74, 6) is 0.907. The lowest BCUT2D eigenvalue weighted by Gasteiger charge is -2.36. The van der Waals surface area contributed by atoms with Crippen molar-refractivity contribution in [1.29, 1.82) is 5.26 Å². The van der Waals surface area contributed by atoms with Crippen LogP contribution in [0.5, 0.6) is 0 Å². The highest BCUT2D eigenvalue weighted by atomic mass is 32.1. The molecule has 3 aromatic rings. The predicted molar refractivity (Wildman–Crippen MR) is 104 cm³/mol. The molecule has 4 rings (SSSR count). The average Bonchev–Trinajstić information content (AvgIpc) is 3.07. The summed E-state index contributed by atoms with van der Waals surface area (Å²) < 4.78 is 0. The normalized spacial score (nSPS) is 14.4. The highest BCUT2D eigenvalue weighted by molar-refractivity contribution is 7.18. The van der Waals surface area contributed by atoms with Crippen molar-refractivity contribution in [3.63, 3.8) is 0 Å². The molecule has 0 spiro atoms. The zero-order valence-electron chi connectivity index (χ0n) is 14.6. The molecular formula is C18H16N6O2S. The summed E-state index contributed by atoms with van der Waals surface area (Å²) in [5.41, 5.74) is 0.947. The monoisotopic (exact) mass is 380 g/mol. The number of hydrogen-bond donors (Lipinski definition) is 0. The molecule has 0 unspecified atom stereocenters. The number of aromatic nitrogens is 2. The van der Waals surface area contributed by atoms with Gasteiger partial charge in [0.1, 0.15) is 22.7 Å². The van der Waals surface area contributed by atoms with Crippen molar-refractivity contribution >= 4 is 38.7 Å². The van der Waals surface area contributed by atoms with E-state index in [-0.39, 0.29) is 5.69 Å². The largest absolute Gasteiger partial charge is 0.362 e. The van der Waals surface area contributed by atoms with Gasteiger partial charge in [0.2, 0.25) is 0 Å². The van der Waals surface area contributed by atoms with Crippen LogP contribution in [0.2, 0.25) is 0 Å². The van der Waals surface area contributed by atoms with Gasteiger partial charge < -0.3 is 9.80 Å². The molecule has 2 aromatic heterocycles. The molecule has 8 nitrogen and oxygen atoms in total. The Bertz CT molecular complexity index is 1070. The van der Waals surface area contributed by atoms with Crippen molar-refractivity contribution in [2.45, 2.75) is 6.92 Å². The fourth-order valence-electron chi connectivity index (χ4n) is 3.38. The summed E-state index contributed by atoms with van der Waals surface area (Å²) in [6.07, 6.45) is 1.58. The van der Waals surface area contributed by atoms with Gasteiger partial charge in [-0.2, -0.15) is 5.26 Å². The fourth-order valence-corrected chi connectivity index (χ4v) is 4.22. The number of fused-ring (bicyclic) bond motifs is 1. The van der Waals surface area contributed by atoms with E-state index in [0.29, 0.717) is 37.4 Å². The van der Waals surface area contributed by atoms with Crippen molar-refractivity contribution in [2.24, 2.45) is 0 Å². The van der Waals surface area contributed by atoms with Crippen molar-refractivity contribution < 1.29 is 4.92 Å². The quantitative estimate of drug-likeness (QED) is 0.508. The molecule has 1 aromatic carbocycles. The Morgan fingerprint density at radius 1 is 1.19 bits per heavy atom. The van der Waals surface area contributed by atoms with Gasteiger partial charge in [-0.15, -0.1) is 11.3 Å². The number of nitrogens with zero attached hydrogens (tertiary/aromatic N) is 6. The molecule has 27 heavy (non-hydrogen) atoms. The van der Waals surface area contributed by atoms with E-state index in [0.717, 1.165) is 16.0 Å². The predicted octanol–water partition coefficient (Wildman–Crippen LogP) is 3.11. The van der Waals surface area contributed by atoms with E-state index >= 15 is 0 Å². The Morgan fingerprint density at radius 3 is 2.63 bits per heavy atom. The third kappa shape index (κ3) is 3.15. The molecule has 0 saturated carbocycles. The fraction of sp³-hybridized carbons (Fsp3) is 0.278. The maximum atomic E-state index is 11.4. The minimum absolute atomic E-state index is 0.0281. The van der Waals surface area contributed by atoms with Gasteiger partial charge in [0.15, 0.2) is 0 Å². The van der Waals surface area contributed by atoms with Crippen LogP contribution in [-0.2, 0) is 0 Å². The molecule has 1 fully saturated rings. The Balaban J connectivity index is 1.59. The van der Waals surface area contributed by atoms with Crippen molar-refractivity contribution in [3.8, 4) is 6.07 Å². The van der Waals surface area contributed by atoms with E-state index in [1.807, 2.05) is 4.90 Å². The van der Waals surface area contributed by atoms with Gasteiger partial charge in [-0.25, -0.2) is 9.97 Å². The van der Waals surface area contributed by atoms with Gasteiger partial charge in [-0.1, -0.05) is 0 Å². The second kappa shape index (κ2) is 6.81. The van der Waals surface area contributed by atoms with E-state index in [2.05, 4.69) is 33.9 Å². The number of anilines is 2. The SMILES string of the molecule is Cc1cc2c(N3CCN(c4cc(C#N)ccc4[N+](=O)[O-])CC3)ncnc2s1. The second-order valence-electron chi connectivity index (χ2n) is 6.32. The number of piperazine rings is 1. The molecular weight excluding hydrogens is 364 g/mol. The molecule has 1 aliphatic rings. The zero-order chi connectivity index (χ0) is 19.0. The Morgan fingerprint density at radius 2 is 1.93 bits per heavy atom. The van der Waals surface area contributed by atoms with Gasteiger partial charge >= 0.3 is 0 Å². The topological polar surface area (TPSA) is 99.2 Å². The minimum atomic E-state index is -0.398. The molecule has 0 bridgehead atoms. The molecule has 3 heterocycles. The van der Waals surface area contributed by atoms with E-state index in [1.54, 1.807) is 23.7 Å². The Labute approximate surface area is 159 Å². The van der Waals surface area contributed by atoms with Crippen LogP contribution in [0.15, 0.2) is 30.6 Å². The average molecular weight is 380 g/mol. The highest BCUT2D eigenvalue weighted by Crippen LogP contribution is 2.33. The van der Waals surface area contributed by atoms with Crippen molar-refractivity contribution in [2.75, 3.05) is 36.0 Å². The molecule has 0 atom stereocenters. The maximum Gasteiger partial charge on any atom is 0.292 e. The van der Waals surface area contributed by atoms with E-state index in [4.69, 9.17) is 5.26 Å². The number of nitriles is 1. The smallest absolute Gasteiger partial charge is 0.292 e. The second-order valence-corrected chi connectivity index (χ2v) is 7.55. The number of thiophene rings is 1. The van der Waals surface area contributed by atoms with Crippen LogP contribution in [-0.4, -0.2) is 41.1 Å². The first-order chi connectivity index (χ1) is 13.1. The number of nitro groups is 1. The third-order valence-corrected chi connectivity index (χ3v) is 5.61. The maximum absolute atomic E-state index is 11.4. The minimum Gasteiger partial charge on any atom is -0.362 e. The molecule has 0 aliphatic carbocycles. The van der Waals surface area contributed by atoms with Crippen LogP contribution in [0, 0.1) is 28.4 Å². The van der Waals surface area contributed by atoms with Crippen molar-refractivity contribution in [1.82, 2.24) is 9.97 Å². The lowest BCUT2D eigenvalue weighted by atomic mass is 10.1. The molecule has 9 heteroatoms. The molecule has 1 saturated heterocycles. The van der Waals surface area contributed by atoms with Gasteiger partial charge in [0.25, 0.3) is 5.69 Å². The molecule has 0 amide bonds. The number of nitro benzene ring substituents is 1. The lowest BCUT2D eigenvalue weighted by molar-refractivity contribution is -0.384. The zero-order valence-corrected chi connectivity index (χ0v) is 15.4. The summed E-state index contributed by atoms with van der Waals surface area (Å²) in [4.78, 5) is 26.1. The molecule has 1 aliphatic heterocycles. The summed E-state index contributed by atoms with van der Waals surface area (Å²) in [7, 11) is 0. The van der Waals surface area contributed by atoms with Crippen LogP contribution in [0.3, 0.4) is 0 Å². The number of benzene rings is 1. The number of hydrogen-bond acceptors (Lipinski definition) is 8. The highest BCUT2D eigenvalue weighted by Gasteiger charge is 2.25. The summed E-state index contributed by atoms with van der Waals surface area (Å²) in [6.45, 7) is 4.66. The lowest BCUT2D eigenvalue weighted by Crippen LogP contribution is -2.47. The van der Waals surface area contributed by atoms with Crippen LogP contribution < -0.4 is 9.80 Å². The summed E-state index contributed by atoms with van der Waals surface area (Å²) in [5, 5.41) is 21.5. The Hall–Kier alpha value is -3.25. The summed E-state index contributed by atoms with van der Waals surface area (Å²) in [6, 6.07) is 8.64. The van der Waals surface area contributed by atoms with Crippen molar-refractivity contribution in [3.05, 3.63) is 51.1 Å². The third-order valence-electron chi connectivity index (χ3n) is 4.65. The van der Waals surface area contributed by atoms with E-state index in [1.165, 1.54) is 17.0 Å². The first kappa shape index (κ1) is 17.2. The standard InChI is InChI=1S/C18H16N6O2S/c1-12-8-14-17(20-11-21-18(14)27-12)23-6-4-22(5-7-23)16-9-13(10-19)2-3-15(16)24(25)26/h2-3,8-9,11H,4-7H2,1H3. The summed E-state index contributed by atoms with van der Waals surface area (Å²) >= 11 is 1.64. The molecule has 0 N–H and O–H groups in total. The van der Waals surface area contributed by atoms with E-state index < -0.39 is 4.92 Å². The van der Waals surface area contributed by atoms with Crippen LogP contribution in [0.4, 0.5) is 17.2 Å². The van der Waals surface area contributed by atoms with Crippen LogP contribution >= 0.6 is 11.3 Å². The first-order valence-electron chi connectivity index (χ1n) is 8.46. The van der Waals surface area contributed by atoms with Gasteiger partial charge in [-0.3, -0.25) is 10.1 Å². The van der Waals surface area contributed by atoms with Crippen LogP contribution in [0.1, 0.15) is 10.4 Å². The number of aryl methyl sites for hydroxylation is 1. The van der Waals surface area contributed by atoms with Gasteiger partial charge in [0, 0.05) is 37.1 Å². The van der Waals surface area contributed by atoms with Crippen LogP contribution in [0.25, 0.3) is 10.2 Å². The first-order valence-corrected chi connectivity index (χ1v) is 9.28.